The highest BCUT2D eigenvalue weighted by molar-refractivity contribution is 5.95. The Kier molecular flexibility index (Phi) is 4.76. The Balaban J connectivity index is 2.16. The summed E-state index contributed by atoms with van der Waals surface area (Å²) in [6.45, 7) is 4.44. The molecule has 1 atom stereocenters. The van der Waals surface area contributed by atoms with Gasteiger partial charge >= 0.3 is 12.1 Å². The molecule has 138 valence electrons. The van der Waals surface area contributed by atoms with Crippen LogP contribution in [-0.2, 0) is 4.79 Å². The number of ether oxygens (including phenoxy) is 1. The number of amides is 1. The molecule has 1 unspecified atom stereocenters. The Morgan fingerprint density at radius 2 is 1.72 bits per heavy atom. The Morgan fingerprint density at radius 3 is 2.12 bits per heavy atom. The van der Waals surface area contributed by atoms with Crippen LogP contribution in [0.5, 0.6) is 5.75 Å². The van der Waals surface area contributed by atoms with Crippen molar-refractivity contribution >= 4 is 11.9 Å². The lowest BCUT2D eigenvalue weighted by Gasteiger charge is -2.27. The van der Waals surface area contributed by atoms with Crippen LogP contribution in [0.3, 0.4) is 0 Å². The van der Waals surface area contributed by atoms with Crippen molar-refractivity contribution in [3.05, 3.63) is 29.8 Å². The van der Waals surface area contributed by atoms with Crippen molar-refractivity contribution in [2.45, 2.75) is 39.0 Å². The van der Waals surface area contributed by atoms with Gasteiger partial charge in [0, 0.05) is 18.7 Å². The quantitative estimate of drug-likeness (QED) is 0.899. The molecule has 0 radical (unpaired) electrons. The number of alkyl halides is 3. The van der Waals surface area contributed by atoms with E-state index in [0.717, 1.165) is 4.90 Å². The molecular weight excluding hydrogens is 339 g/mol. The molecular formula is C17H20F3NO4. The fraction of sp³-hybridized carbons (Fsp3) is 0.529. The molecule has 25 heavy (non-hydrogen) atoms. The normalized spacial score (nSPS) is 21.3. The molecule has 1 amide bonds. The molecule has 1 heterocycles. The summed E-state index contributed by atoms with van der Waals surface area (Å²) in [4.78, 5) is 24.5. The van der Waals surface area contributed by atoms with E-state index >= 15 is 0 Å². The summed E-state index contributed by atoms with van der Waals surface area (Å²) in [7, 11) is 0. The number of aliphatic carboxylic acids is 1. The van der Waals surface area contributed by atoms with Crippen molar-refractivity contribution in [2.24, 2.45) is 5.41 Å². The molecule has 5 nitrogen and oxygen atoms in total. The topological polar surface area (TPSA) is 66.8 Å². The fourth-order valence-corrected chi connectivity index (χ4v) is 2.71. The van der Waals surface area contributed by atoms with E-state index in [-0.39, 0.29) is 12.1 Å². The smallest absolute Gasteiger partial charge is 0.406 e. The molecule has 1 aromatic carbocycles. The maximum absolute atomic E-state index is 13.2. The molecule has 1 saturated heterocycles. The summed E-state index contributed by atoms with van der Waals surface area (Å²) >= 11 is 0. The van der Waals surface area contributed by atoms with Crippen LogP contribution in [0.4, 0.5) is 13.2 Å². The van der Waals surface area contributed by atoms with Gasteiger partial charge in [-0.3, -0.25) is 9.59 Å². The molecule has 1 aliphatic heterocycles. The van der Waals surface area contributed by atoms with Crippen molar-refractivity contribution in [1.29, 1.82) is 0 Å². The number of carbonyl (C=O) groups excluding carboxylic acids is 1. The summed E-state index contributed by atoms with van der Waals surface area (Å²) in [5.41, 5.74) is -3.14. The number of benzene rings is 1. The van der Waals surface area contributed by atoms with Gasteiger partial charge in [0.2, 0.25) is 0 Å². The summed E-state index contributed by atoms with van der Waals surface area (Å²) in [5.74, 6) is -2.06. The van der Waals surface area contributed by atoms with Crippen LogP contribution in [0.25, 0.3) is 0 Å². The second kappa shape index (κ2) is 6.24. The highest BCUT2D eigenvalue weighted by atomic mass is 19.4. The first-order valence-electron chi connectivity index (χ1n) is 7.74. The predicted molar refractivity (Wildman–Crippen MR) is 83.5 cm³/mol. The highest BCUT2D eigenvalue weighted by Crippen LogP contribution is 2.46. The lowest BCUT2D eigenvalue weighted by Crippen LogP contribution is -2.47. The number of carbonyl (C=O) groups is 2. The Morgan fingerprint density at radius 1 is 1.16 bits per heavy atom. The van der Waals surface area contributed by atoms with Gasteiger partial charge in [-0.25, -0.2) is 0 Å². The van der Waals surface area contributed by atoms with E-state index in [0.29, 0.717) is 5.75 Å². The van der Waals surface area contributed by atoms with E-state index in [1.165, 1.54) is 12.1 Å². The second-order valence-electron chi connectivity index (χ2n) is 7.10. The minimum atomic E-state index is -4.92. The first kappa shape index (κ1) is 19.1. The van der Waals surface area contributed by atoms with Gasteiger partial charge in [-0.1, -0.05) is 0 Å². The molecule has 0 aliphatic carbocycles. The van der Waals surface area contributed by atoms with E-state index in [4.69, 9.17) is 9.84 Å². The SMILES string of the molecule is CC(C)(C)Oc1ccc(C(=O)N2CCC(C(=O)O)(C(F)(F)F)C2)cc1. The van der Waals surface area contributed by atoms with Crippen molar-refractivity contribution in [3.8, 4) is 5.75 Å². The number of carboxylic acids is 1. The molecule has 1 aromatic rings. The van der Waals surface area contributed by atoms with Crippen LogP contribution < -0.4 is 4.74 Å². The van der Waals surface area contributed by atoms with Gasteiger partial charge in [-0.05, 0) is 51.5 Å². The average Bonchev–Trinajstić information content (AvgIpc) is 2.92. The lowest BCUT2D eigenvalue weighted by atomic mass is 9.86. The maximum atomic E-state index is 13.2. The van der Waals surface area contributed by atoms with Gasteiger partial charge in [-0.2, -0.15) is 13.2 Å². The molecule has 2 rings (SSSR count). The minimum absolute atomic E-state index is 0.185. The van der Waals surface area contributed by atoms with Crippen LogP contribution in [-0.4, -0.2) is 46.7 Å². The van der Waals surface area contributed by atoms with Crippen LogP contribution >= 0.6 is 0 Å². The van der Waals surface area contributed by atoms with E-state index in [1.54, 1.807) is 12.1 Å². The summed E-state index contributed by atoms with van der Waals surface area (Å²) in [6.07, 6.45) is -5.57. The van der Waals surface area contributed by atoms with E-state index < -0.39 is 42.0 Å². The van der Waals surface area contributed by atoms with Crippen LogP contribution in [0, 0.1) is 5.41 Å². The molecule has 1 N–H and O–H groups in total. The standard InChI is InChI=1S/C17H20F3NO4/c1-15(2,3)25-12-6-4-11(5-7-12)13(22)21-9-8-16(10-21,14(23)24)17(18,19)20/h4-7H,8-10H2,1-3H3,(H,23,24). The number of rotatable bonds is 3. The number of halogens is 3. The first-order chi connectivity index (χ1) is 11.4. The zero-order chi connectivity index (χ0) is 19.0. The van der Waals surface area contributed by atoms with E-state index in [2.05, 4.69) is 0 Å². The second-order valence-corrected chi connectivity index (χ2v) is 7.10. The van der Waals surface area contributed by atoms with E-state index in [9.17, 15) is 22.8 Å². The number of hydrogen-bond donors (Lipinski definition) is 1. The zero-order valence-corrected chi connectivity index (χ0v) is 14.2. The van der Waals surface area contributed by atoms with Crippen molar-refractivity contribution in [1.82, 2.24) is 4.90 Å². The largest absolute Gasteiger partial charge is 0.488 e. The average molecular weight is 359 g/mol. The molecule has 1 aliphatic rings. The summed E-state index contributed by atoms with van der Waals surface area (Å²) < 4.78 is 45.2. The van der Waals surface area contributed by atoms with Gasteiger partial charge in [-0.15, -0.1) is 0 Å². The third-order valence-electron chi connectivity index (χ3n) is 4.03. The van der Waals surface area contributed by atoms with Gasteiger partial charge in [0.25, 0.3) is 5.91 Å². The Bertz CT molecular complexity index is 664. The lowest BCUT2D eigenvalue weighted by molar-refractivity contribution is -0.227. The van der Waals surface area contributed by atoms with Gasteiger partial charge in [0.1, 0.15) is 11.4 Å². The molecule has 8 heteroatoms. The van der Waals surface area contributed by atoms with Gasteiger partial charge in [0.05, 0.1) is 0 Å². The molecule has 1 fully saturated rings. The first-order valence-corrected chi connectivity index (χ1v) is 7.74. The zero-order valence-electron chi connectivity index (χ0n) is 14.2. The Hall–Kier alpha value is -2.25. The van der Waals surface area contributed by atoms with Crippen molar-refractivity contribution < 1.29 is 32.6 Å². The number of nitrogens with zero attached hydrogens (tertiary/aromatic N) is 1. The van der Waals surface area contributed by atoms with Gasteiger partial charge in [0.15, 0.2) is 5.41 Å². The molecule has 0 aromatic heterocycles. The third kappa shape index (κ3) is 3.88. The van der Waals surface area contributed by atoms with Crippen molar-refractivity contribution in [3.63, 3.8) is 0 Å². The van der Waals surface area contributed by atoms with Gasteiger partial charge < -0.3 is 14.7 Å². The van der Waals surface area contributed by atoms with Crippen molar-refractivity contribution in [2.75, 3.05) is 13.1 Å². The molecule has 0 saturated carbocycles. The van der Waals surface area contributed by atoms with E-state index in [1.807, 2.05) is 20.8 Å². The van der Waals surface area contributed by atoms with Crippen LogP contribution in [0.15, 0.2) is 24.3 Å². The number of likely N-dealkylation sites (tertiary alicyclic amines) is 1. The Labute approximate surface area is 143 Å². The minimum Gasteiger partial charge on any atom is -0.488 e. The van der Waals surface area contributed by atoms with Crippen LogP contribution in [0.2, 0.25) is 0 Å². The fourth-order valence-electron chi connectivity index (χ4n) is 2.71. The number of hydrogen-bond acceptors (Lipinski definition) is 3. The third-order valence-corrected chi connectivity index (χ3v) is 4.03. The number of carboxylic acid groups (broad SMARTS) is 1. The maximum Gasteiger partial charge on any atom is 0.406 e. The monoisotopic (exact) mass is 359 g/mol. The molecule has 0 bridgehead atoms. The van der Waals surface area contributed by atoms with Crippen LogP contribution in [0.1, 0.15) is 37.6 Å². The molecule has 0 spiro atoms. The highest BCUT2D eigenvalue weighted by Gasteiger charge is 2.64. The summed E-state index contributed by atoms with van der Waals surface area (Å²) in [6, 6.07) is 6.03. The summed E-state index contributed by atoms with van der Waals surface area (Å²) in [5, 5.41) is 9.04. The predicted octanol–water partition coefficient (Wildman–Crippen LogP) is 3.34.